The number of amides is 1. The molecule has 7 nitrogen and oxygen atoms in total. The van der Waals surface area contributed by atoms with Crippen molar-refractivity contribution in [1.29, 1.82) is 0 Å². The molecule has 108 valence electrons. The van der Waals surface area contributed by atoms with E-state index >= 15 is 0 Å². The smallest absolute Gasteiger partial charge is 0.292 e. The van der Waals surface area contributed by atoms with E-state index in [0.29, 0.717) is 24.3 Å². The van der Waals surface area contributed by atoms with E-state index in [1.54, 1.807) is 30.9 Å². The van der Waals surface area contributed by atoms with Crippen LogP contribution in [0, 0.1) is 10.1 Å². The van der Waals surface area contributed by atoms with Crippen LogP contribution in [0.2, 0.25) is 0 Å². The molecule has 2 N–H and O–H groups in total. The standard InChI is InChI=1S/C13H17N3O4/c1-8-13(18)14-5-6-15(8)11-4-3-10(9(2)17)7-12(11)16(19)20/h3-4,7-9,17H,5-6H2,1-2H3,(H,14,18). The van der Waals surface area contributed by atoms with Crippen LogP contribution >= 0.6 is 0 Å². The zero-order valence-corrected chi connectivity index (χ0v) is 11.4. The van der Waals surface area contributed by atoms with Crippen molar-refractivity contribution in [2.75, 3.05) is 18.0 Å². The first-order chi connectivity index (χ1) is 9.41. The van der Waals surface area contributed by atoms with Gasteiger partial charge >= 0.3 is 0 Å². The zero-order chi connectivity index (χ0) is 14.9. The molecular weight excluding hydrogens is 262 g/mol. The minimum atomic E-state index is -0.773. The van der Waals surface area contributed by atoms with Crippen LogP contribution in [-0.4, -0.2) is 35.1 Å². The van der Waals surface area contributed by atoms with Crippen molar-refractivity contribution in [3.63, 3.8) is 0 Å². The average molecular weight is 279 g/mol. The number of carbonyl (C=O) groups is 1. The number of anilines is 1. The van der Waals surface area contributed by atoms with Crippen LogP contribution in [-0.2, 0) is 4.79 Å². The van der Waals surface area contributed by atoms with E-state index in [0.717, 1.165) is 0 Å². The highest BCUT2D eigenvalue weighted by molar-refractivity contribution is 5.87. The molecule has 20 heavy (non-hydrogen) atoms. The lowest BCUT2D eigenvalue weighted by atomic mass is 10.1. The van der Waals surface area contributed by atoms with Gasteiger partial charge in [0, 0.05) is 19.2 Å². The number of carbonyl (C=O) groups excluding carboxylic acids is 1. The molecule has 1 aromatic rings. The molecule has 1 aromatic carbocycles. The lowest BCUT2D eigenvalue weighted by Gasteiger charge is -2.34. The summed E-state index contributed by atoms with van der Waals surface area (Å²) in [6.45, 7) is 4.23. The second-order valence-electron chi connectivity index (χ2n) is 4.84. The van der Waals surface area contributed by atoms with Gasteiger partial charge in [0.25, 0.3) is 5.69 Å². The molecular formula is C13H17N3O4. The van der Waals surface area contributed by atoms with Gasteiger partial charge in [0.2, 0.25) is 5.91 Å². The fraction of sp³-hybridized carbons (Fsp3) is 0.462. The molecule has 0 radical (unpaired) electrons. The van der Waals surface area contributed by atoms with E-state index in [1.807, 2.05) is 0 Å². The maximum Gasteiger partial charge on any atom is 0.292 e. The van der Waals surface area contributed by atoms with Gasteiger partial charge in [-0.3, -0.25) is 14.9 Å². The van der Waals surface area contributed by atoms with Crippen LogP contribution in [0.15, 0.2) is 18.2 Å². The summed E-state index contributed by atoms with van der Waals surface area (Å²) in [4.78, 5) is 24.1. The van der Waals surface area contributed by atoms with E-state index in [2.05, 4.69) is 5.32 Å². The third kappa shape index (κ3) is 2.57. The van der Waals surface area contributed by atoms with Gasteiger partial charge in [-0.25, -0.2) is 0 Å². The lowest BCUT2D eigenvalue weighted by molar-refractivity contribution is -0.384. The molecule has 2 unspecified atom stereocenters. The Morgan fingerprint density at radius 3 is 2.85 bits per heavy atom. The van der Waals surface area contributed by atoms with Crippen molar-refractivity contribution < 1.29 is 14.8 Å². The summed E-state index contributed by atoms with van der Waals surface area (Å²) in [6, 6.07) is 4.14. The number of hydrogen-bond donors (Lipinski definition) is 2. The summed E-state index contributed by atoms with van der Waals surface area (Å²) in [5.41, 5.74) is 0.793. The molecule has 1 fully saturated rings. The number of piperazine rings is 1. The van der Waals surface area contributed by atoms with Crippen molar-refractivity contribution in [3.8, 4) is 0 Å². The van der Waals surface area contributed by atoms with Crippen molar-refractivity contribution in [2.45, 2.75) is 26.0 Å². The number of aliphatic hydroxyl groups excluding tert-OH is 1. The van der Waals surface area contributed by atoms with E-state index in [9.17, 15) is 20.0 Å². The monoisotopic (exact) mass is 279 g/mol. The summed E-state index contributed by atoms with van der Waals surface area (Å²) in [7, 11) is 0. The van der Waals surface area contributed by atoms with Gasteiger partial charge in [-0.1, -0.05) is 6.07 Å². The summed E-state index contributed by atoms with van der Waals surface area (Å²) in [6.07, 6.45) is -0.773. The number of rotatable bonds is 3. The fourth-order valence-electron chi connectivity index (χ4n) is 2.30. The minimum absolute atomic E-state index is 0.0926. The molecule has 2 rings (SSSR count). The third-order valence-corrected chi connectivity index (χ3v) is 3.49. The van der Waals surface area contributed by atoms with Gasteiger partial charge in [-0.2, -0.15) is 0 Å². The second-order valence-corrected chi connectivity index (χ2v) is 4.84. The molecule has 0 aromatic heterocycles. The van der Waals surface area contributed by atoms with E-state index < -0.39 is 17.1 Å². The van der Waals surface area contributed by atoms with Gasteiger partial charge in [0.05, 0.1) is 11.0 Å². The third-order valence-electron chi connectivity index (χ3n) is 3.49. The summed E-state index contributed by atoms with van der Waals surface area (Å²) in [5.74, 6) is -0.148. The Morgan fingerprint density at radius 2 is 2.25 bits per heavy atom. The molecule has 1 aliphatic heterocycles. The first-order valence-electron chi connectivity index (χ1n) is 6.42. The van der Waals surface area contributed by atoms with Crippen LogP contribution < -0.4 is 10.2 Å². The summed E-state index contributed by atoms with van der Waals surface area (Å²) < 4.78 is 0. The number of benzene rings is 1. The predicted octanol–water partition coefficient (Wildman–Crippen LogP) is 0.973. The molecule has 7 heteroatoms. The Hall–Kier alpha value is -2.15. The van der Waals surface area contributed by atoms with E-state index in [4.69, 9.17) is 0 Å². The molecule has 1 aliphatic rings. The van der Waals surface area contributed by atoms with Gasteiger partial charge in [0.15, 0.2) is 0 Å². The molecule has 0 spiro atoms. The van der Waals surface area contributed by atoms with Crippen LogP contribution in [0.3, 0.4) is 0 Å². The van der Waals surface area contributed by atoms with Gasteiger partial charge < -0.3 is 15.3 Å². The van der Waals surface area contributed by atoms with Crippen LogP contribution in [0.5, 0.6) is 0 Å². The number of aliphatic hydroxyl groups is 1. The molecule has 1 heterocycles. The minimum Gasteiger partial charge on any atom is -0.389 e. The average Bonchev–Trinajstić information content (AvgIpc) is 2.41. The number of nitro benzene ring substituents is 1. The largest absolute Gasteiger partial charge is 0.389 e. The van der Waals surface area contributed by atoms with E-state index in [1.165, 1.54) is 6.07 Å². The SMILES string of the molecule is CC(O)c1ccc(N2CCNC(=O)C2C)c([N+](=O)[O-])c1. The Bertz CT molecular complexity index is 544. The first-order valence-corrected chi connectivity index (χ1v) is 6.42. The van der Waals surface area contributed by atoms with Crippen molar-refractivity contribution in [3.05, 3.63) is 33.9 Å². The zero-order valence-electron chi connectivity index (χ0n) is 11.4. The van der Waals surface area contributed by atoms with Crippen LogP contribution in [0.4, 0.5) is 11.4 Å². The van der Waals surface area contributed by atoms with Crippen molar-refractivity contribution in [2.24, 2.45) is 0 Å². The Morgan fingerprint density at radius 1 is 1.55 bits per heavy atom. The Balaban J connectivity index is 2.45. The van der Waals surface area contributed by atoms with Crippen LogP contribution in [0.25, 0.3) is 0 Å². The molecule has 1 saturated heterocycles. The topological polar surface area (TPSA) is 95.7 Å². The molecule has 0 saturated carbocycles. The molecule has 2 atom stereocenters. The highest BCUT2D eigenvalue weighted by Gasteiger charge is 2.30. The Labute approximate surface area is 116 Å². The van der Waals surface area contributed by atoms with E-state index in [-0.39, 0.29) is 11.6 Å². The number of nitrogens with one attached hydrogen (secondary N) is 1. The maximum absolute atomic E-state index is 11.7. The Kier molecular flexibility index (Phi) is 3.89. The van der Waals surface area contributed by atoms with Crippen molar-refractivity contribution >= 4 is 17.3 Å². The quantitative estimate of drug-likeness (QED) is 0.635. The summed E-state index contributed by atoms with van der Waals surface area (Å²) >= 11 is 0. The number of nitro groups is 1. The van der Waals surface area contributed by atoms with Crippen molar-refractivity contribution in [1.82, 2.24) is 5.32 Å². The normalized spacial score (nSPS) is 20.4. The first kappa shape index (κ1) is 14.3. The van der Waals surface area contributed by atoms with Gasteiger partial charge in [0.1, 0.15) is 11.7 Å². The summed E-state index contributed by atoms with van der Waals surface area (Å²) in [5, 5.41) is 23.5. The number of nitrogens with zero attached hydrogens (tertiary/aromatic N) is 2. The van der Waals surface area contributed by atoms with Gasteiger partial charge in [-0.15, -0.1) is 0 Å². The second kappa shape index (κ2) is 5.46. The molecule has 1 amide bonds. The number of hydrogen-bond acceptors (Lipinski definition) is 5. The van der Waals surface area contributed by atoms with Crippen LogP contribution in [0.1, 0.15) is 25.5 Å². The van der Waals surface area contributed by atoms with Gasteiger partial charge in [-0.05, 0) is 25.5 Å². The molecule has 0 aliphatic carbocycles. The lowest BCUT2D eigenvalue weighted by Crippen LogP contribution is -2.54. The fourth-order valence-corrected chi connectivity index (χ4v) is 2.30. The molecule has 0 bridgehead atoms. The predicted molar refractivity (Wildman–Crippen MR) is 73.5 cm³/mol. The highest BCUT2D eigenvalue weighted by atomic mass is 16.6. The highest BCUT2D eigenvalue weighted by Crippen LogP contribution is 2.32. The maximum atomic E-state index is 11.7.